The molecule has 1 heteroatoms. The Kier molecular flexibility index (Phi) is 5.97. The van der Waals surface area contributed by atoms with Crippen LogP contribution in [-0.2, 0) is 4.79 Å². The van der Waals surface area contributed by atoms with Crippen molar-refractivity contribution in [1.82, 2.24) is 0 Å². The fraction of sp³-hybridized carbons (Fsp3) is 0.759. The molecule has 0 N–H and O–H groups in total. The second-order valence-corrected chi connectivity index (χ2v) is 11.8. The number of carbonyl (C=O) groups excluding carboxylic acids is 1. The van der Waals surface area contributed by atoms with E-state index in [9.17, 15) is 4.79 Å². The maximum Gasteiger partial charge on any atom is 0.156 e. The van der Waals surface area contributed by atoms with Crippen LogP contribution in [0.3, 0.4) is 0 Å². The van der Waals surface area contributed by atoms with Gasteiger partial charge in [-0.15, -0.1) is 0 Å². The van der Waals surface area contributed by atoms with Crippen LogP contribution in [-0.4, -0.2) is 5.78 Å². The molecule has 0 radical (unpaired) electrons. The van der Waals surface area contributed by atoms with Crippen molar-refractivity contribution < 1.29 is 4.79 Å². The first-order chi connectivity index (χ1) is 14.2. The molecule has 0 aromatic rings. The smallest absolute Gasteiger partial charge is 0.156 e. The summed E-state index contributed by atoms with van der Waals surface area (Å²) >= 11 is 0. The third-order valence-electron chi connectivity index (χ3n) is 10.3. The van der Waals surface area contributed by atoms with Gasteiger partial charge in [-0.1, -0.05) is 51.0 Å². The van der Waals surface area contributed by atoms with Gasteiger partial charge >= 0.3 is 0 Å². The predicted octanol–water partition coefficient (Wildman–Crippen LogP) is 8.07. The molecule has 0 bridgehead atoms. The number of ketones is 1. The number of allylic oxidation sites excluding steroid dienone is 6. The fourth-order valence-corrected chi connectivity index (χ4v) is 8.36. The van der Waals surface area contributed by atoms with Gasteiger partial charge in [0, 0.05) is 6.42 Å². The summed E-state index contributed by atoms with van der Waals surface area (Å²) in [6.45, 7) is 14.6. The highest BCUT2D eigenvalue weighted by atomic mass is 16.1. The van der Waals surface area contributed by atoms with Crippen molar-refractivity contribution in [3.05, 3.63) is 34.9 Å². The van der Waals surface area contributed by atoms with Crippen molar-refractivity contribution in [3.63, 3.8) is 0 Å². The van der Waals surface area contributed by atoms with Crippen LogP contribution in [0.4, 0.5) is 0 Å². The predicted molar refractivity (Wildman–Crippen MR) is 127 cm³/mol. The Morgan fingerprint density at radius 1 is 1.13 bits per heavy atom. The number of rotatable bonds is 5. The van der Waals surface area contributed by atoms with Crippen LogP contribution in [0, 0.1) is 40.4 Å². The van der Waals surface area contributed by atoms with Crippen molar-refractivity contribution in [3.8, 4) is 0 Å². The van der Waals surface area contributed by atoms with Crippen LogP contribution in [0.25, 0.3) is 0 Å². The van der Waals surface area contributed by atoms with Gasteiger partial charge in [-0.05, 0) is 117 Å². The van der Waals surface area contributed by atoms with Gasteiger partial charge in [0.2, 0.25) is 0 Å². The van der Waals surface area contributed by atoms with Crippen LogP contribution >= 0.6 is 0 Å². The van der Waals surface area contributed by atoms with Crippen LogP contribution in [0.1, 0.15) is 99.3 Å². The Morgan fingerprint density at radius 2 is 1.90 bits per heavy atom. The van der Waals surface area contributed by atoms with Crippen LogP contribution < -0.4 is 0 Å². The van der Waals surface area contributed by atoms with Crippen molar-refractivity contribution in [2.45, 2.75) is 99.3 Å². The second kappa shape index (κ2) is 8.10. The molecule has 1 nitrogen and oxygen atoms in total. The highest BCUT2D eigenvalue weighted by Gasteiger charge is 2.58. The van der Waals surface area contributed by atoms with E-state index in [4.69, 9.17) is 0 Å². The summed E-state index contributed by atoms with van der Waals surface area (Å²) in [4.78, 5) is 12.0. The van der Waals surface area contributed by atoms with E-state index < -0.39 is 0 Å². The molecular weight excluding hydrogens is 364 g/mol. The summed E-state index contributed by atoms with van der Waals surface area (Å²) in [5.41, 5.74) is 5.29. The summed E-state index contributed by atoms with van der Waals surface area (Å²) in [7, 11) is 0. The van der Waals surface area contributed by atoms with Gasteiger partial charge < -0.3 is 0 Å². The summed E-state index contributed by atoms with van der Waals surface area (Å²) in [5.74, 6) is 4.34. The number of carbonyl (C=O) groups is 1. The molecule has 0 aromatic carbocycles. The molecule has 2 fully saturated rings. The SMILES string of the molecule is CCC(CC[C@@H](C)[C@H]1CC[C@H]2[C@@H]3C=CC4=CC(=O)CC[C@]4(C)[C@H]3CC[C@]12C)=C(C)C. The van der Waals surface area contributed by atoms with Gasteiger partial charge in [0.05, 0.1) is 0 Å². The summed E-state index contributed by atoms with van der Waals surface area (Å²) < 4.78 is 0. The number of hydrogen-bond donors (Lipinski definition) is 0. The number of hydrogen-bond acceptors (Lipinski definition) is 1. The van der Waals surface area contributed by atoms with E-state index >= 15 is 0 Å². The highest BCUT2D eigenvalue weighted by Crippen LogP contribution is 2.66. The molecule has 0 unspecified atom stereocenters. The fourth-order valence-electron chi connectivity index (χ4n) is 8.36. The maximum atomic E-state index is 12.0. The molecule has 0 spiro atoms. The Balaban J connectivity index is 1.53. The van der Waals surface area contributed by atoms with Crippen LogP contribution in [0.2, 0.25) is 0 Å². The van der Waals surface area contributed by atoms with E-state index in [1.807, 2.05) is 6.08 Å². The minimum absolute atomic E-state index is 0.234. The molecule has 4 rings (SSSR count). The lowest BCUT2D eigenvalue weighted by molar-refractivity contribution is -0.116. The lowest BCUT2D eigenvalue weighted by Crippen LogP contribution is -2.49. The van der Waals surface area contributed by atoms with Gasteiger partial charge in [-0.2, -0.15) is 0 Å². The summed E-state index contributed by atoms with van der Waals surface area (Å²) in [6.07, 6.45) is 18.1. The summed E-state index contributed by atoms with van der Waals surface area (Å²) in [6, 6.07) is 0. The molecule has 0 heterocycles. The molecule has 7 atom stereocenters. The lowest BCUT2D eigenvalue weighted by Gasteiger charge is -2.56. The zero-order chi connectivity index (χ0) is 21.7. The average molecular weight is 409 g/mol. The van der Waals surface area contributed by atoms with Crippen molar-refractivity contribution in [2.24, 2.45) is 40.4 Å². The van der Waals surface area contributed by atoms with Gasteiger partial charge in [0.15, 0.2) is 5.78 Å². The Hall–Kier alpha value is -1.11. The van der Waals surface area contributed by atoms with E-state index in [2.05, 4.69) is 53.7 Å². The zero-order valence-corrected chi connectivity index (χ0v) is 20.4. The molecule has 4 aliphatic carbocycles. The van der Waals surface area contributed by atoms with Gasteiger partial charge in [0.1, 0.15) is 0 Å². The Labute approximate surface area is 185 Å². The van der Waals surface area contributed by atoms with Crippen LogP contribution in [0.15, 0.2) is 34.9 Å². The van der Waals surface area contributed by atoms with E-state index in [0.29, 0.717) is 11.2 Å². The standard InChI is InChI=1S/C29H44O/c1-7-21(19(2)3)9-8-20(4)25-12-13-26-24-11-10-22-18-23(30)14-16-28(22,5)27(24)15-17-29(25,26)6/h10-11,18,20,24-27H,7-9,12-17H2,1-6H3/t20-,24+,25-,26+,27+,28+,29-/m1/s1. The van der Waals surface area contributed by atoms with Gasteiger partial charge in [-0.25, -0.2) is 0 Å². The lowest BCUT2D eigenvalue weighted by atomic mass is 9.48. The third kappa shape index (κ3) is 3.49. The van der Waals surface area contributed by atoms with Crippen LogP contribution in [0.5, 0.6) is 0 Å². The Morgan fingerprint density at radius 3 is 2.60 bits per heavy atom. The molecule has 0 saturated heterocycles. The molecule has 2 saturated carbocycles. The first-order valence-electron chi connectivity index (χ1n) is 12.8. The minimum atomic E-state index is 0.234. The second-order valence-electron chi connectivity index (χ2n) is 11.8. The Bertz CT molecular complexity index is 778. The first-order valence-corrected chi connectivity index (χ1v) is 12.8. The highest BCUT2D eigenvalue weighted by molar-refractivity contribution is 5.92. The molecule has 0 aromatic heterocycles. The van der Waals surface area contributed by atoms with Crippen molar-refractivity contribution in [2.75, 3.05) is 0 Å². The average Bonchev–Trinajstić information content (AvgIpc) is 3.06. The largest absolute Gasteiger partial charge is 0.295 e. The summed E-state index contributed by atoms with van der Waals surface area (Å²) in [5, 5.41) is 0. The molecule has 4 aliphatic rings. The molecule has 30 heavy (non-hydrogen) atoms. The monoisotopic (exact) mass is 408 g/mol. The van der Waals surface area contributed by atoms with E-state index in [1.165, 1.54) is 56.1 Å². The quantitative estimate of drug-likeness (QED) is 0.420. The molecule has 166 valence electrons. The molecule has 0 amide bonds. The van der Waals surface area contributed by atoms with Crippen molar-refractivity contribution >= 4 is 5.78 Å². The molecule has 0 aliphatic heterocycles. The topological polar surface area (TPSA) is 17.1 Å². The van der Waals surface area contributed by atoms with E-state index in [1.54, 1.807) is 5.57 Å². The molecular formula is C29H44O. The maximum absolute atomic E-state index is 12.0. The first kappa shape index (κ1) is 22.1. The van der Waals surface area contributed by atoms with Gasteiger partial charge in [0.25, 0.3) is 0 Å². The van der Waals surface area contributed by atoms with Gasteiger partial charge in [-0.3, -0.25) is 4.79 Å². The normalized spacial score (nSPS) is 40.9. The van der Waals surface area contributed by atoms with Crippen molar-refractivity contribution in [1.29, 1.82) is 0 Å². The van der Waals surface area contributed by atoms with E-state index in [0.717, 1.165) is 42.4 Å². The van der Waals surface area contributed by atoms with E-state index in [-0.39, 0.29) is 5.41 Å². The zero-order valence-electron chi connectivity index (χ0n) is 20.4. The minimum Gasteiger partial charge on any atom is -0.295 e. The number of fused-ring (bicyclic) bond motifs is 5. The third-order valence-corrected chi connectivity index (χ3v) is 10.3.